The number of fused-ring (bicyclic) bond motifs is 2. The van der Waals surface area contributed by atoms with Crippen LogP contribution in [0.1, 0.15) is 12.8 Å². The zero-order valence-corrected chi connectivity index (χ0v) is 17.1. The Morgan fingerprint density at radius 2 is 1.86 bits per heavy atom. The molecule has 0 spiro atoms. The summed E-state index contributed by atoms with van der Waals surface area (Å²) in [4.78, 5) is 8.88. The lowest BCUT2D eigenvalue weighted by atomic mass is 10.0. The molecule has 2 aromatic rings. The lowest BCUT2D eigenvalue weighted by molar-refractivity contribution is 0.296. The Labute approximate surface area is 167 Å². The summed E-state index contributed by atoms with van der Waals surface area (Å²) in [5.74, 6) is 7.11. The van der Waals surface area contributed by atoms with Gasteiger partial charge in [-0.15, -0.1) is 6.42 Å². The molecular weight excluding hydrogens is 370 g/mol. The summed E-state index contributed by atoms with van der Waals surface area (Å²) in [6.07, 6.45) is 17.7. The van der Waals surface area contributed by atoms with Crippen LogP contribution < -0.4 is 14.8 Å². The Morgan fingerprint density at radius 1 is 1.11 bits per heavy atom. The summed E-state index contributed by atoms with van der Waals surface area (Å²) in [7, 11) is -0.686. The number of benzene rings is 1. The maximum absolute atomic E-state index is 6.09. The molecule has 4 rings (SSSR count). The van der Waals surface area contributed by atoms with Gasteiger partial charge in [-0.05, 0) is 37.5 Å². The first-order chi connectivity index (χ1) is 13.5. The normalized spacial score (nSPS) is 19.9. The Bertz CT molecular complexity index is 1000. The maximum atomic E-state index is 6.09. The third-order valence-electron chi connectivity index (χ3n) is 5.04. The Hall–Kier alpha value is -2.65. The van der Waals surface area contributed by atoms with Crippen LogP contribution in [0.2, 0.25) is 0 Å². The molecule has 0 saturated carbocycles. The van der Waals surface area contributed by atoms with Gasteiger partial charge in [-0.2, -0.15) is 0 Å². The fourth-order valence-corrected chi connectivity index (χ4v) is 4.56. The van der Waals surface area contributed by atoms with Crippen molar-refractivity contribution < 1.29 is 9.47 Å². The largest absolute Gasteiger partial charge is 0.489 e. The van der Waals surface area contributed by atoms with E-state index in [0.717, 1.165) is 63.8 Å². The van der Waals surface area contributed by atoms with Crippen LogP contribution >= 0.6 is 10.0 Å². The number of terminal acetylenes is 1. The van der Waals surface area contributed by atoms with Crippen molar-refractivity contribution in [2.24, 2.45) is 0 Å². The number of anilines is 1. The molecule has 1 aromatic carbocycles. The molecule has 1 aromatic heterocycles. The van der Waals surface area contributed by atoms with Gasteiger partial charge in [0.25, 0.3) is 0 Å². The van der Waals surface area contributed by atoms with Gasteiger partial charge in [0, 0.05) is 34.2 Å². The van der Waals surface area contributed by atoms with Gasteiger partial charge in [-0.1, -0.05) is 12.0 Å². The standard InChI is InChI=1S/C22H25N3O2S/c1-4-16-6-5-7-17(12-16)25-22-18-13-20-21(14-19(18)23-15-24-22)27-9-11-28(2,3)10-8-26-20/h1,7,12-15H,5-6,8-11H2,2-3H3,(H,23,24,25). The third-order valence-corrected chi connectivity index (χ3v) is 7.59. The van der Waals surface area contributed by atoms with E-state index in [4.69, 9.17) is 15.9 Å². The second-order valence-electron chi connectivity index (χ2n) is 7.55. The molecule has 0 saturated heterocycles. The minimum atomic E-state index is -0.686. The van der Waals surface area contributed by atoms with E-state index in [9.17, 15) is 0 Å². The monoisotopic (exact) mass is 395 g/mol. The van der Waals surface area contributed by atoms with E-state index in [1.807, 2.05) is 18.2 Å². The quantitative estimate of drug-likeness (QED) is 0.776. The molecule has 1 N–H and O–H groups in total. The van der Waals surface area contributed by atoms with Gasteiger partial charge in [-0.25, -0.2) is 20.0 Å². The van der Waals surface area contributed by atoms with E-state index in [1.165, 1.54) is 0 Å². The first-order valence-corrected chi connectivity index (χ1v) is 12.2. The lowest BCUT2D eigenvalue weighted by Gasteiger charge is -2.29. The van der Waals surface area contributed by atoms with Crippen LogP contribution in [0.3, 0.4) is 0 Å². The molecule has 6 heteroatoms. The first-order valence-electron chi connectivity index (χ1n) is 9.41. The van der Waals surface area contributed by atoms with E-state index in [-0.39, 0.29) is 0 Å². The van der Waals surface area contributed by atoms with Crippen molar-refractivity contribution in [3.8, 4) is 23.8 Å². The van der Waals surface area contributed by atoms with Crippen molar-refractivity contribution in [2.75, 3.05) is 42.5 Å². The number of allylic oxidation sites excluding steroid dienone is 3. The van der Waals surface area contributed by atoms with Crippen molar-refractivity contribution in [2.45, 2.75) is 12.8 Å². The van der Waals surface area contributed by atoms with Gasteiger partial charge in [0.05, 0.1) is 18.7 Å². The predicted octanol–water partition coefficient (Wildman–Crippen LogP) is 4.11. The molecule has 0 atom stereocenters. The van der Waals surface area contributed by atoms with Gasteiger partial charge in [0.1, 0.15) is 12.1 Å². The molecule has 146 valence electrons. The summed E-state index contributed by atoms with van der Waals surface area (Å²) in [6.45, 7) is 1.40. The lowest BCUT2D eigenvalue weighted by Crippen LogP contribution is -2.14. The average Bonchev–Trinajstić information content (AvgIpc) is 2.75. The molecular formula is C22H25N3O2S. The summed E-state index contributed by atoms with van der Waals surface area (Å²) in [6, 6.07) is 3.93. The number of hydrogen-bond acceptors (Lipinski definition) is 5. The molecule has 1 aliphatic heterocycles. The number of aromatic nitrogens is 2. The molecule has 5 nitrogen and oxygen atoms in total. The number of rotatable bonds is 2. The number of nitrogens with zero attached hydrogens (tertiary/aromatic N) is 2. The molecule has 0 bridgehead atoms. The van der Waals surface area contributed by atoms with Crippen molar-refractivity contribution in [1.29, 1.82) is 0 Å². The molecule has 0 amide bonds. The summed E-state index contributed by atoms with van der Waals surface area (Å²) < 4.78 is 12.1. The number of hydrogen-bond donors (Lipinski definition) is 1. The fourth-order valence-electron chi connectivity index (χ4n) is 3.29. The molecule has 2 heterocycles. The maximum Gasteiger partial charge on any atom is 0.163 e. The summed E-state index contributed by atoms with van der Waals surface area (Å²) in [5.41, 5.74) is 2.78. The minimum Gasteiger partial charge on any atom is -0.489 e. The van der Waals surface area contributed by atoms with E-state index in [0.29, 0.717) is 13.2 Å². The fraction of sp³-hybridized carbons (Fsp3) is 0.364. The SMILES string of the molecule is C#CC1=CC(Nc2ncnc3cc4c(cc23)OCCS(C)(C)CCO4)=CCC1. The van der Waals surface area contributed by atoms with Crippen LogP contribution in [0.5, 0.6) is 11.5 Å². The van der Waals surface area contributed by atoms with E-state index >= 15 is 0 Å². The molecule has 1 aliphatic carbocycles. The number of nitrogens with one attached hydrogen (secondary N) is 1. The molecule has 2 aliphatic rings. The van der Waals surface area contributed by atoms with Crippen LogP contribution in [-0.2, 0) is 0 Å². The molecule has 28 heavy (non-hydrogen) atoms. The second kappa shape index (κ2) is 7.76. The number of ether oxygens (including phenoxy) is 2. The van der Waals surface area contributed by atoms with Crippen molar-refractivity contribution in [3.63, 3.8) is 0 Å². The predicted molar refractivity (Wildman–Crippen MR) is 118 cm³/mol. The van der Waals surface area contributed by atoms with Crippen LogP contribution in [0.15, 0.2) is 41.9 Å². The first kappa shape index (κ1) is 18.7. The van der Waals surface area contributed by atoms with Crippen LogP contribution in [0.25, 0.3) is 10.9 Å². The van der Waals surface area contributed by atoms with Gasteiger partial charge in [0.15, 0.2) is 11.5 Å². The van der Waals surface area contributed by atoms with Gasteiger partial charge < -0.3 is 14.8 Å². The zero-order valence-electron chi connectivity index (χ0n) is 16.3. The van der Waals surface area contributed by atoms with E-state index in [2.05, 4.69) is 39.8 Å². The highest BCUT2D eigenvalue weighted by Crippen LogP contribution is 2.42. The summed E-state index contributed by atoms with van der Waals surface area (Å²) >= 11 is 0. The highest BCUT2D eigenvalue weighted by atomic mass is 32.3. The van der Waals surface area contributed by atoms with Crippen molar-refractivity contribution in [1.82, 2.24) is 9.97 Å². The van der Waals surface area contributed by atoms with Gasteiger partial charge in [0.2, 0.25) is 0 Å². The van der Waals surface area contributed by atoms with Crippen molar-refractivity contribution >= 4 is 26.7 Å². The smallest absolute Gasteiger partial charge is 0.163 e. The second-order valence-corrected chi connectivity index (χ2v) is 11.9. The summed E-state index contributed by atoms with van der Waals surface area (Å²) in [5, 5.41) is 4.29. The topological polar surface area (TPSA) is 56.3 Å². The highest BCUT2D eigenvalue weighted by Gasteiger charge is 2.18. The molecule has 0 fully saturated rings. The van der Waals surface area contributed by atoms with Crippen LogP contribution in [0, 0.1) is 12.3 Å². The molecule has 0 unspecified atom stereocenters. The third kappa shape index (κ3) is 4.10. The highest BCUT2D eigenvalue weighted by molar-refractivity contribution is 8.32. The van der Waals surface area contributed by atoms with Crippen LogP contribution in [-0.4, -0.2) is 47.2 Å². The van der Waals surface area contributed by atoms with E-state index in [1.54, 1.807) is 6.33 Å². The Kier molecular flexibility index (Phi) is 5.19. The zero-order chi connectivity index (χ0) is 19.6. The van der Waals surface area contributed by atoms with E-state index < -0.39 is 10.0 Å². The van der Waals surface area contributed by atoms with Crippen LogP contribution in [0.4, 0.5) is 5.82 Å². The minimum absolute atomic E-state index is 0.686. The molecule has 0 radical (unpaired) electrons. The van der Waals surface area contributed by atoms with Gasteiger partial charge >= 0.3 is 0 Å². The van der Waals surface area contributed by atoms with Gasteiger partial charge in [-0.3, -0.25) is 0 Å². The Balaban J connectivity index is 1.68. The Morgan fingerprint density at radius 3 is 2.61 bits per heavy atom. The average molecular weight is 396 g/mol. The van der Waals surface area contributed by atoms with Crippen molar-refractivity contribution in [3.05, 3.63) is 41.9 Å².